The number of rotatable bonds is 4. The minimum absolute atomic E-state index is 0.125. The molecule has 1 saturated heterocycles. The third kappa shape index (κ3) is 3.98. The molecule has 3 aromatic rings. The van der Waals surface area contributed by atoms with Crippen molar-refractivity contribution in [3.63, 3.8) is 0 Å². The zero-order valence-corrected chi connectivity index (χ0v) is 17.2. The van der Waals surface area contributed by atoms with Crippen LogP contribution in [-0.2, 0) is 4.74 Å². The number of pyridine rings is 1. The normalized spacial score (nSPS) is 14.6. The molecule has 3 heterocycles. The molecule has 1 aliphatic heterocycles. The molecule has 1 amide bonds. The summed E-state index contributed by atoms with van der Waals surface area (Å²) in [4.78, 5) is 41.3. The Morgan fingerprint density at radius 2 is 1.90 bits per heavy atom. The van der Waals surface area contributed by atoms with Gasteiger partial charge in [0.2, 0.25) is 5.95 Å². The van der Waals surface area contributed by atoms with E-state index in [2.05, 4.69) is 19.9 Å². The summed E-state index contributed by atoms with van der Waals surface area (Å²) in [6.45, 7) is 6.51. The lowest BCUT2D eigenvalue weighted by atomic mass is 10.1. The number of aromatic nitrogens is 3. The standard InChI is InChI=1S/C22H25N5O3/c1-3-30-21(29)16-9-10-19(23-15(16)2)20(28)26-11-6-12-27(14-13-26)22-24-17-7-4-5-8-18(17)25-22/h4-5,7-10H,3,6,11-14H2,1-2H3,(H,24,25). The van der Waals surface area contributed by atoms with Gasteiger partial charge in [0.15, 0.2) is 0 Å². The van der Waals surface area contributed by atoms with Crippen molar-refractivity contribution in [1.82, 2.24) is 19.9 Å². The predicted octanol–water partition coefficient (Wildman–Crippen LogP) is 2.80. The van der Waals surface area contributed by atoms with Crippen molar-refractivity contribution in [1.29, 1.82) is 0 Å². The van der Waals surface area contributed by atoms with Gasteiger partial charge in [-0.3, -0.25) is 4.79 Å². The molecule has 156 valence electrons. The van der Waals surface area contributed by atoms with E-state index in [0.29, 0.717) is 43.2 Å². The lowest BCUT2D eigenvalue weighted by molar-refractivity contribution is 0.0524. The number of aryl methyl sites for hydroxylation is 1. The summed E-state index contributed by atoms with van der Waals surface area (Å²) in [5.41, 5.74) is 3.17. The molecule has 0 bridgehead atoms. The van der Waals surface area contributed by atoms with Gasteiger partial charge < -0.3 is 19.5 Å². The van der Waals surface area contributed by atoms with Crippen molar-refractivity contribution in [3.8, 4) is 0 Å². The van der Waals surface area contributed by atoms with Gasteiger partial charge in [0.1, 0.15) is 5.69 Å². The summed E-state index contributed by atoms with van der Waals surface area (Å²) < 4.78 is 5.03. The van der Waals surface area contributed by atoms with E-state index in [9.17, 15) is 9.59 Å². The van der Waals surface area contributed by atoms with E-state index in [1.165, 1.54) is 0 Å². The van der Waals surface area contributed by atoms with Crippen LogP contribution >= 0.6 is 0 Å². The van der Waals surface area contributed by atoms with Crippen molar-refractivity contribution in [2.45, 2.75) is 20.3 Å². The number of fused-ring (bicyclic) bond motifs is 1. The molecule has 30 heavy (non-hydrogen) atoms. The Bertz CT molecular complexity index is 1040. The molecular formula is C22H25N5O3. The number of aromatic amines is 1. The lowest BCUT2D eigenvalue weighted by Crippen LogP contribution is -2.36. The molecule has 0 spiro atoms. The summed E-state index contributed by atoms with van der Waals surface area (Å²) in [7, 11) is 0. The Balaban J connectivity index is 1.45. The van der Waals surface area contributed by atoms with Crippen LogP contribution in [0.15, 0.2) is 36.4 Å². The number of para-hydroxylation sites is 2. The molecule has 8 heteroatoms. The number of benzene rings is 1. The molecule has 0 radical (unpaired) electrons. The number of carbonyl (C=O) groups excluding carboxylic acids is 2. The van der Waals surface area contributed by atoms with E-state index in [4.69, 9.17) is 4.74 Å². The molecule has 1 N–H and O–H groups in total. The largest absolute Gasteiger partial charge is 0.462 e. The zero-order valence-electron chi connectivity index (χ0n) is 17.2. The maximum absolute atomic E-state index is 13.0. The maximum Gasteiger partial charge on any atom is 0.339 e. The Labute approximate surface area is 174 Å². The SMILES string of the molecule is CCOC(=O)c1ccc(C(=O)N2CCCN(c3nc4ccccc4[nH]3)CC2)nc1C. The van der Waals surface area contributed by atoms with E-state index < -0.39 is 5.97 Å². The molecule has 0 atom stereocenters. The molecule has 1 fully saturated rings. The second-order valence-corrected chi connectivity index (χ2v) is 7.26. The summed E-state index contributed by atoms with van der Waals surface area (Å²) in [5, 5.41) is 0. The first kappa shape index (κ1) is 19.9. The van der Waals surface area contributed by atoms with Crippen molar-refractivity contribution in [3.05, 3.63) is 53.3 Å². The predicted molar refractivity (Wildman–Crippen MR) is 114 cm³/mol. The van der Waals surface area contributed by atoms with Gasteiger partial charge in [-0.25, -0.2) is 14.8 Å². The van der Waals surface area contributed by atoms with Crippen molar-refractivity contribution in [2.24, 2.45) is 0 Å². The molecule has 8 nitrogen and oxygen atoms in total. The highest BCUT2D eigenvalue weighted by Gasteiger charge is 2.23. The van der Waals surface area contributed by atoms with E-state index >= 15 is 0 Å². The Hall–Kier alpha value is -3.42. The fourth-order valence-corrected chi connectivity index (χ4v) is 3.69. The summed E-state index contributed by atoms with van der Waals surface area (Å²) in [6, 6.07) is 11.2. The van der Waals surface area contributed by atoms with Crippen LogP contribution in [0, 0.1) is 6.92 Å². The fourth-order valence-electron chi connectivity index (χ4n) is 3.69. The number of nitrogens with zero attached hydrogens (tertiary/aromatic N) is 4. The Kier molecular flexibility index (Phi) is 5.65. The monoisotopic (exact) mass is 407 g/mol. The number of hydrogen-bond acceptors (Lipinski definition) is 6. The zero-order chi connectivity index (χ0) is 21.1. The van der Waals surface area contributed by atoms with Crippen molar-refractivity contribution < 1.29 is 14.3 Å². The van der Waals surface area contributed by atoms with Crippen LogP contribution in [0.4, 0.5) is 5.95 Å². The second-order valence-electron chi connectivity index (χ2n) is 7.26. The van der Waals surface area contributed by atoms with Gasteiger partial charge in [0.25, 0.3) is 5.91 Å². The fraction of sp³-hybridized carbons (Fsp3) is 0.364. The van der Waals surface area contributed by atoms with Crippen LogP contribution in [-0.4, -0.2) is 64.5 Å². The van der Waals surface area contributed by atoms with Gasteiger partial charge in [0, 0.05) is 26.2 Å². The molecule has 1 aromatic carbocycles. The first-order valence-corrected chi connectivity index (χ1v) is 10.2. The van der Waals surface area contributed by atoms with Crippen LogP contribution in [0.2, 0.25) is 0 Å². The minimum Gasteiger partial charge on any atom is -0.462 e. The smallest absolute Gasteiger partial charge is 0.339 e. The van der Waals surface area contributed by atoms with Gasteiger partial charge >= 0.3 is 5.97 Å². The summed E-state index contributed by atoms with van der Waals surface area (Å²) >= 11 is 0. The van der Waals surface area contributed by atoms with Gasteiger partial charge in [-0.05, 0) is 44.5 Å². The van der Waals surface area contributed by atoms with Crippen LogP contribution in [0.3, 0.4) is 0 Å². The average Bonchev–Trinajstić information content (AvgIpc) is 3.02. The van der Waals surface area contributed by atoms with Crippen LogP contribution in [0.25, 0.3) is 11.0 Å². The number of imidazole rings is 1. The number of amides is 1. The first-order valence-electron chi connectivity index (χ1n) is 10.2. The highest BCUT2D eigenvalue weighted by atomic mass is 16.5. The average molecular weight is 407 g/mol. The molecule has 0 saturated carbocycles. The Morgan fingerprint density at radius 1 is 1.07 bits per heavy atom. The van der Waals surface area contributed by atoms with Crippen molar-refractivity contribution in [2.75, 3.05) is 37.7 Å². The molecule has 0 aliphatic carbocycles. The summed E-state index contributed by atoms with van der Waals surface area (Å²) in [6.07, 6.45) is 0.836. The third-order valence-electron chi connectivity index (χ3n) is 5.26. The van der Waals surface area contributed by atoms with Gasteiger partial charge in [0.05, 0.1) is 28.9 Å². The molecule has 2 aromatic heterocycles. The van der Waals surface area contributed by atoms with Gasteiger partial charge in [-0.1, -0.05) is 12.1 Å². The van der Waals surface area contributed by atoms with Crippen LogP contribution in [0.5, 0.6) is 0 Å². The van der Waals surface area contributed by atoms with E-state index in [0.717, 1.165) is 29.9 Å². The number of carbonyl (C=O) groups is 2. The highest BCUT2D eigenvalue weighted by molar-refractivity contribution is 5.95. The number of anilines is 1. The highest BCUT2D eigenvalue weighted by Crippen LogP contribution is 2.19. The van der Waals surface area contributed by atoms with E-state index in [-0.39, 0.29) is 5.91 Å². The lowest BCUT2D eigenvalue weighted by Gasteiger charge is -2.21. The number of esters is 1. The second kappa shape index (κ2) is 8.52. The topological polar surface area (TPSA) is 91.4 Å². The van der Waals surface area contributed by atoms with Crippen LogP contribution < -0.4 is 4.90 Å². The molecular weight excluding hydrogens is 382 g/mol. The third-order valence-corrected chi connectivity index (χ3v) is 5.26. The number of ether oxygens (including phenoxy) is 1. The van der Waals surface area contributed by atoms with Gasteiger partial charge in [-0.15, -0.1) is 0 Å². The number of H-pyrrole nitrogens is 1. The minimum atomic E-state index is -0.419. The van der Waals surface area contributed by atoms with Gasteiger partial charge in [-0.2, -0.15) is 0 Å². The number of hydrogen-bond donors (Lipinski definition) is 1. The number of nitrogens with one attached hydrogen (secondary N) is 1. The van der Waals surface area contributed by atoms with Crippen molar-refractivity contribution >= 4 is 28.9 Å². The van der Waals surface area contributed by atoms with Crippen LogP contribution in [0.1, 0.15) is 39.9 Å². The Morgan fingerprint density at radius 3 is 2.67 bits per heavy atom. The van der Waals surface area contributed by atoms with E-state index in [1.807, 2.05) is 29.2 Å². The molecule has 1 aliphatic rings. The first-order chi connectivity index (χ1) is 14.6. The molecule has 0 unspecified atom stereocenters. The molecule has 4 rings (SSSR count). The summed E-state index contributed by atoms with van der Waals surface area (Å²) in [5.74, 6) is 0.288. The quantitative estimate of drug-likeness (QED) is 0.669. The van der Waals surface area contributed by atoms with E-state index in [1.54, 1.807) is 26.0 Å². The maximum atomic E-state index is 13.0.